The molecule has 20 heavy (non-hydrogen) atoms. The van der Waals surface area contributed by atoms with E-state index in [-0.39, 0.29) is 17.9 Å². The Morgan fingerprint density at radius 3 is 2.95 bits per heavy atom. The number of rotatable bonds is 5. The van der Waals surface area contributed by atoms with Crippen molar-refractivity contribution in [2.75, 3.05) is 0 Å². The lowest BCUT2D eigenvalue weighted by atomic mass is 9.86. The van der Waals surface area contributed by atoms with Gasteiger partial charge in [-0.15, -0.1) is 0 Å². The number of nitrogens with zero attached hydrogens (tertiary/aromatic N) is 1. The lowest BCUT2D eigenvalue weighted by molar-refractivity contribution is -0.123. The Morgan fingerprint density at radius 1 is 1.40 bits per heavy atom. The predicted octanol–water partition coefficient (Wildman–Crippen LogP) is 3.44. The van der Waals surface area contributed by atoms with Gasteiger partial charge in [0.05, 0.1) is 11.6 Å². The summed E-state index contributed by atoms with van der Waals surface area (Å²) in [7, 11) is 0. The van der Waals surface area contributed by atoms with E-state index in [1.165, 1.54) is 5.56 Å². The Balaban J connectivity index is 1.97. The third-order valence-electron chi connectivity index (χ3n) is 4.08. The number of aromatic nitrogens is 1. The fourth-order valence-electron chi connectivity index (χ4n) is 2.86. The Bertz CT molecular complexity index is 456. The van der Waals surface area contributed by atoms with Gasteiger partial charge in [0.25, 0.3) is 0 Å². The van der Waals surface area contributed by atoms with E-state index in [1.807, 2.05) is 6.07 Å². The summed E-state index contributed by atoms with van der Waals surface area (Å²) >= 11 is 0. The van der Waals surface area contributed by atoms with E-state index in [0.29, 0.717) is 5.92 Å². The molecule has 0 bridgehead atoms. The van der Waals surface area contributed by atoms with Crippen LogP contribution in [0.1, 0.15) is 63.6 Å². The summed E-state index contributed by atoms with van der Waals surface area (Å²) < 4.78 is 0. The smallest absolute Gasteiger partial charge is 0.229 e. The highest BCUT2D eigenvalue weighted by Gasteiger charge is 2.28. The van der Waals surface area contributed by atoms with Gasteiger partial charge in [0.1, 0.15) is 0 Å². The molecule has 3 nitrogen and oxygen atoms in total. The fraction of sp³-hybridized carbons (Fsp3) is 0.647. The molecule has 1 N–H and O–H groups in total. The summed E-state index contributed by atoms with van der Waals surface area (Å²) in [6, 6.07) is 4.31. The number of carbonyl (C=O) groups is 1. The van der Waals surface area contributed by atoms with Crippen LogP contribution in [-0.2, 0) is 11.2 Å². The van der Waals surface area contributed by atoms with E-state index in [1.54, 1.807) is 6.20 Å². The minimum absolute atomic E-state index is 0.0542. The van der Waals surface area contributed by atoms with Crippen molar-refractivity contribution in [1.82, 2.24) is 10.3 Å². The van der Waals surface area contributed by atoms with Gasteiger partial charge >= 0.3 is 0 Å². The van der Waals surface area contributed by atoms with E-state index < -0.39 is 0 Å². The maximum Gasteiger partial charge on any atom is 0.229 e. The second-order valence-corrected chi connectivity index (χ2v) is 6.37. The maximum absolute atomic E-state index is 12.5. The highest BCUT2D eigenvalue weighted by Crippen LogP contribution is 2.30. The summed E-state index contributed by atoms with van der Waals surface area (Å²) in [5, 5.41) is 3.17. The van der Waals surface area contributed by atoms with Crippen molar-refractivity contribution in [3.8, 4) is 0 Å². The van der Waals surface area contributed by atoms with Gasteiger partial charge in [-0.25, -0.2) is 0 Å². The molecule has 2 atom stereocenters. The molecule has 3 heteroatoms. The van der Waals surface area contributed by atoms with Crippen LogP contribution in [0.3, 0.4) is 0 Å². The van der Waals surface area contributed by atoms with Crippen LogP contribution in [0.4, 0.5) is 0 Å². The molecule has 1 aliphatic carbocycles. The number of nitrogens with one attached hydrogen (secondary N) is 1. The molecule has 0 radical (unpaired) electrons. The molecular weight excluding hydrogens is 248 g/mol. The normalized spacial score (nSPS) is 19.5. The first kappa shape index (κ1) is 15.0. The van der Waals surface area contributed by atoms with Crippen molar-refractivity contribution in [2.24, 2.45) is 5.92 Å². The van der Waals surface area contributed by atoms with E-state index in [4.69, 9.17) is 0 Å². The number of aryl methyl sites for hydroxylation is 1. The number of carbonyl (C=O) groups excluding carboxylic acids is 1. The zero-order chi connectivity index (χ0) is 14.5. The van der Waals surface area contributed by atoms with Crippen molar-refractivity contribution >= 4 is 5.91 Å². The van der Waals surface area contributed by atoms with Gasteiger partial charge in [0.15, 0.2) is 0 Å². The quantitative estimate of drug-likeness (QED) is 0.893. The molecular formula is C17H26N2O. The monoisotopic (exact) mass is 274 g/mol. The average molecular weight is 274 g/mol. The zero-order valence-corrected chi connectivity index (χ0v) is 12.9. The summed E-state index contributed by atoms with van der Waals surface area (Å²) in [5.74, 6) is 0.786. The molecule has 0 aromatic carbocycles. The summed E-state index contributed by atoms with van der Waals surface area (Å²) in [6.45, 7) is 6.54. The summed E-state index contributed by atoms with van der Waals surface area (Å²) in [5.41, 5.74) is 2.24. The number of pyridine rings is 1. The highest BCUT2D eigenvalue weighted by atomic mass is 16.1. The molecule has 110 valence electrons. The molecule has 0 aliphatic heterocycles. The van der Waals surface area contributed by atoms with E-state index >= 15 is 0 Å². The first-order valence-electron chi connectivity index (χ1n) is 7.82. The Labute approximate surface area is 122 Å². The minimum Gasteiger partial charge on any atom is -0.353 e. The van der Waals surface area contributed by atoms with Crippen LogP contribution >= 0.6 is 0 Å². The lowest BCUT2D eigenvalue weighted by Crippen LogP contribution is -2.37. The van der Waals surface area contributed by atoms with E-state index in [0.717, 1.165) is 37.8 Å². The van der Waals surface area contributed by atoms with Crippen LogP contribution < -0.4 is 5.32 Å². The molecule has 1 amide bonds. The molecule has 0 spiro atoms. The molecule has 1 aromatic rings. The van der Waals surface area contributed by atoms with Gasteiger partial charge in [-0.3, -0.25) is 9.78 Å². The first-order chi connectivity index (χ1) is 9.58. The molecule has 1 aromatic heterocycles. The van der Waals surface area contributed by atoms with Crippen molar-refractivity contribution in [3.63, 3.8) is 0 Å². The number of hydrogen-bond donors (Lipinski definition) is 1. The van der Waals surface area contributed by atoms with Gasteiger partial charge in [0.2, 0.25) is 5.91 Å². The van der Waals surface area contributed by atoms with E-state index in [2.05, 4.69) is 37.1 Å². The Hall–Kier alpha value is -1.38. The maximum atomic E-state index is 12.5. The Kier molecular flexibility index (Phi) is 5.16. The Morgan fingerprint density at radius 2 is 2.20 bits per heavy atom. The lowest BCUT2D eigenvalue weighted by Gasteiger charge is -2.25. The van der Waals surface area contributed by atoms with Gasteiger partial charge in [-0.2, -0.15) is 0 Å². The average Bonchev–Trinajstić information content (AvgIpc) is 2.44. The number of amides is 1. The van der Waals surface area contributed by atoms with Crippen LogP contribution in [-0.4, -0.2) is 16.9 Å². The molecule has 1 heterocycles. The van der Waals surface area contributed by atoms with Crippen LogP contribution in [0.5, 0.6) is 0 Å². The van der Waals surface area contributed by atoms with Crippen molar-refractivity contribution in [1.29, 1.82) is 0 Å². The first-order valence-corrected chi connectivity index (χ1v) is 7.82. The molecule has 0 saturated carbocycles. The van der Waals surface area contributed by atoms with Crippen LogP contribution in [0.2, 0.25) is 0 Å². The fourth-order valence-corrected chi connectivity index (χ4v) is 2.86. The van der Waals surface area contributed by atoms with Gasteiger partial charge in [0, 0.05) is 12.2 Å². The summed E-state index contributed by atoms with van der Waals surface area (Å²) in [6.07, 6.45) is 7.05. The highest BCUT2D eigenvalue weighted by molar-refractivity contribution is 5.84. The second kappa shape index (κ2) is 6.87. The third kappa shape index (κ3) is 3.81. The molecule has 2 rings (SSSR count). The van der Waals surface area contributed by atoms with Crippen LogP contribution in [0.25, 0.3) is 0 Å². The third-order valence-corrected chi connectivity index (χ3v) is 4.08. The van der Waals surface area contributed by atoms with Gasteiger partial charge in [-0.1, -0.05) is 19.9 Å². The van der Waals surface area contributed by atoms with Gasteiger partial charge < -0.3 is 5.32 Å². The SMILES string of the molecule is CC(C)CC[C@H](C)NC(=O)[C@H]1CCCc2cccnc21. The van der Waals surface area contributed by atoms with Crippen molar-refractivity contribution < 1.29 is 4.79 Å². The largest absolute Gasteiger partial charge is 0.353 e. The second-order valence-electron chi connectivity index (χ2n) is 6.37. The predicted molar refractivity (Wildman–Crippen MR) is 81.6 cm³/mol. The van der Waals surface area contributed by atoms with Crippen LogP contribution in [0, 0.1) is 5.92 Å². The van der Waals surface area contributed by atoms with Crippen molar-refractivity contribution in [3.05, 3.63) is 29.6 Å². The van der Waals surface area contributed by atoms with Gasteiger partial charge in [-0.05, 0) is 56.6 Å². The zero-order valence-electron chi connectivity index (χ0n) is 12.9. The molecule has 0 unspecified atom stereocenters. The molecule has 0 fully saturated rings. The van der Waals surface area contributed by atoms with E-state index in [9.17, 15) is 4.79 Å². The van der Waals surface area contributed by atoms with Crippen molar-refractivity contribution in [2.45, 2.75) is 64.8 Å². The standard InChI is InChI=1S/C17H26N2O/c1-12(2)9-10-13(3)19-17(20)15-8-4-6-14-7-5-11-18-16(14)15/h5,7,11-13,15H,4,6,8-10H2,1-3H3,(H,19,20)/t13-,15-/m0/s1. The minimum atomic E-state index is -0.0542. The van der Waals surface area contributed by atoms with Crippen LogP contribution in [0.15, 0.2) is 18.3 Å². The molecule has 1 aliphatic rings. The topological polar surface area (TPSA) is 42.0 Å². The molecule has 0 saturated heterocycles. The number of hydrogen-bond acceptors (Lipinski definition) is 2. The summed E-state index contributed by atoms with van der Waals surface area (Å²) in [4.78, 5) is 16.9. The number of fused-ring (bicyclic) bond motifs is 1.